The lowest BCUT2D eigenvalue weighted by atomic mass is 9.96. The van der Waals surface area contributed by atoms with Crippen molar-refractivity contribution in [1.29, 1.82) is 0 Å². The Bertz CT molecular complexity index is 216. The quantitative estimate of drug-likeness (QED) is 0.558. The summed E-state index contributed by atoms with van der Waals surface area (Å²) in [6.07, 6.45) is 0.906. The summed E-state index contributed by atoms with van der Waals surface area (Å²) >= 11 is 4.40. The molecular weight excluding hydrogens is 222 g/mol. The van der Waals surface area contributed by atoms with E-state index in [0.29, 0.717) is 19.8 Å². The molecule has 0 aromatic rings. The Morgan fingerprint density at radius 2 is 1.75 bits per heavy atom. The molecule has 0 radical (unpaired) electrons. The van der Waals surface area contributed by atoms with Gasteiger partial charge in [0.25, 0.3) is 0 Å². The summed E-state index contributed by atoms with van der Waals surface area (Å²) in [5.41, 5.74) is -0.326. The van der Waals surface area contributed by atoms with E-state index in [0.717, 1.165) is 6.42 Å². The van der Waals surface area contributed by atoms with Gasteiger partial charge in [-0.15, -0.1) is 0 Å². The van der Waals surface area contributed by atoms with Crippen molar-refractivity contribution in [3.63, 3.8) is 0 Å². The van der Waals surface area contributed by atoms with Crippen LogP contribution in [0.2, 0.25) is 0 Å². The highest BCUT2D eigenvalue weighted by Gasteiger charge is 2.20. The van der Waals surface area contributed by atoms with Crippen molar-refractivity contribution < 1.29 is 9.53 Å². The van der Waals surface area contributed by atoms with Gasteiger partial charge in [0, 0.05) is 23.3 Å². The van der Waals surface area contributed by atoms with Gasteiger partial charge in [0.1, 0.15) is 0 Å². The van der Waals surface area contributed by atoms with E-state index in [1.807, 2.05) is 20.8 Å². The minimum absolute atomic E-state index is 0.00859. The number of thiol groups is 1. The second-order valence-corrected chi connectivity index (χ2v) is 6.89. The summed E-state index contributed by atoms with van der Waals surface area (Å²) in [7, 11) is 0. The van der Waals surface area contributed by atoms with Crippen LogP contribution in [0.15, 0.2) is 0 Å². The van der Waals surface area contributed by atoms with Gasteiger partial charge in [0.15, 0.2) is 0 Å². The van der Waals surface area contributed by atoms with Crippen molar-refractivity contribution >= 4 is 18.5 Å². The third kappa shape index (κ3) is 9.04. The Hall–Kier alpha value is -0.220. The largest absolute Gasteiger partial charge is 0.380 e. The standard InChI is InChI=1S/C12H25NO2S/c1-11(2,3)10(14)13-7-9-15-8-6-12(4,5)16/h16H,6-9H2,1-5H3,(H,13,14). The van der Waals surface area contributed by atoms with Crippen LogP contribution in [0, 0.1) is 5.41 Å². The molecule has 0 saturated heterocycles. The van der Waals surface area contributed by atoms with E-state index in [1.165, 1.54) is 0 Å². The van der Waals surface area contributed by atoms with E-state index in [1.54, 1.807) is 0 Å². The first-order valence-electron chi connectivity index (χ1n) is 5.71. The van der Waals surface area contributed by atoms with Crippen molar-refractivity contribution in [2.75, 3.05) is 19.8 Å². The molecule has 1 N–H and O–H groups in total. The average molecular weight is 247 g/mol. The predicted octanol–water partition coefficient (Wildman–Crippen LogP) is 2.26. The molecule has 16 heavy (non-hydrogen) atoms. The van der Waals surface area contributed by atoms with Gasteiger partial charge in [-0.05, 0) is 6.42 Å². The number of ether oxygens (including phenoxy) is 1. The van der Waals surface area contributed by atoms with Crippen LogP contribution in [0.4, 0.5) is 0 Å². The van der Waals surface area contributed by atoms with Gasteiger partial charge < -0.3 is 10.1 Å². The molecule has 0 heterocycles. The molecule has 0 saturated carbocycles. The van der Waals surface area contributed by atoms with Gasteiger partial charge in [0.2, 0.25) is 5.91 Å². The Balaban J connectivity index is 3.45. The molecular formula is C12H25NO2S. The zero-order valence-corrected chi connectivity index (χ0v) is 12.0. The summed E-state index contributed by atoms with van der Waals surface area (Å²) in [5, 5.41) is 2.84. The van der Waals surface area contributed by atoms with Crippen LogP contribution in [0.3, 0.4) is 0 Å². The van der Waals surface area contributed by atoms with E-state index >= 15 is 0 Å². The molecule has 0 bridgehead atoms. The average Bonchev–Trinajstić information content (AvgIpc) is 2.07. The monoisotopic (exact) mass is 247 g/mol. The second kappa shape index (κ2) is 6.50. The number of carbonyl (C=O) groups is 1. The Morgan fingerprint density at radius 1 is 1.19 bits per heavy atom. The predicted molar refractivity (Wildman–Crippen MR) is 71.0 cm³/mol. The summed E-state index contributed by atoms with van der Waals surface area (Å²) < 4.78 is 5.42. The molecule has 0 aromatic carbocycles. The lowest BCUT2D eigenvalue weighted by molar-refractivity contribution is -0.128. The van der Waals surface area contributed by atoms with Gasteiger partial charge in [-0.25, -0.2) is 0 Å². The van der Waals surface area contributed by atoms with Crippen LogP contribution < -0.4 is 5.32 Å². The first-order chi connectivity index (χ1) is 7.13. The normalized spacial score (nSPS) is 12.6. The molecule has 0 fully saturated rings. The summed E-state index contributed by atoms with van der Waals surface area (Å²) in [6.45, 7) is 11.6. The van der Waals surface area contributed by atoms with Crippen molar-refractivity contribution in [3.05, 3.63) is 0 Å². The highest BCUT2D eigenvalue weighted by Crippen LogP contribution is 2.16. The maximum atomic E-state index is 11.5. The first kappa shape index (κ1) is 15.8. The van der Waals surface area contributed by atoms with Gasteiger partial charge >= 0.3 is 0 Å². The number of nitrogens with one attached hydrogen (secondary N) is 1. The van der Waals surface area contributed by atoms with Crippen LogP contribution in [0.25, 0.3) is 0 Å². The van der Waals surface area contributed by atoms with Crippen LogP contribution >= 0.6 is 12.6 Å². The molecule has 96 valence electrons. The molecule has 0 unspecified atom stereocenters. The maximum absolute atomic E-state index is 11.5. The SMILES string of the molecule is CC(C)(S)CCOCCNC(=O)C(C)(C)C. The molecule has 0 aromatic heterocycles. The van der Waals surface area contributed by atoms with E-state index in [2.05, 4.69) is 31.8 Å². The number of rotatable bonds is 6. The number of carbonyl (C=O) groups excluding carboxylic acids is 1. The minimum atomic E-state index is -0.326. The summed E-state index contributed by atoms with van der Waals surface area (Å²) in [4.78, 5) is 11.5. The zero-order chi connectivity index (χ0) is 12.8. The van der Waals surface area contributed by atoms with Gasteiger partial charge in [-0.1, -0.05) is 34.6 Å². The van der Waals surface area contributed by atoms with E-state index in [4.69, 9.17) is 4.74 Å². The maximum Gasteiger partial charge on any atom is 0.225 e. The van der Waals surface area contributed by atoms with Crippen molar-refractivity contribution in [2.24, 2.45) is 5.41 Å². The van der Waals surface area contributed by atoms with Crippen LogP contribution in [-0.2, 0) is 9.53 Å². The molecule has 0 aliphatic heterocycles. The molecule has 0 atom stereocenters. The number of hydrogen-bond donors (Lipinski definition) is 2. The lowest BCUT2D eigenvalue weighted by Gasteiger charge is -2.18. The molecule has 0 rings (SSSR count). The third-order valence-electron chi connectivity index (χ3n) is 2.07. The summed E-state index contributed by atoms with van der Waals surface area (Å²) in [5.74, 6) is 0.0608. The Morgan fingerprint density at radius 3 is 2.19 bits per heavy atom. The minimum Gasteiger partial charge on any atom is -0.380 e. The highest BCUT2D eigenvalue weighted by atomic mass is 32.1. The fraction of sp³-hybridized carbons (Fsp3) is 0.917. The zero-order valence-electron chi connectivity index (χ0n) is 11.1. The Labute approximate surface area is 105 Å². The van der Waals surface area contributed by atoms with Gasteiger partial charge in [0.05, 0.1) is 6.61 Å². The topological polar surface area (TPSA) is 38.3 Å². The van der Waals surface area contributed by atoms with Crippen molar-refractivity contribution in [1.82, 2.24) is 5.32 Å². The number of hydrogen-bond acceptors (Lipinski definition) is 3. The summed E-state index contributed by atoms with van der Waals surface area (Å²) in [6, 6.07) is 0. The molecule has 3 nitrogen and oxygen atoms in total. The molecule has 0 aliphatic rings. The van der Waals surface area contributed by atoms with E-state index in [-0.39, 0.29) is 16.1 Å². The van der Waals surface area contributed by atoms with Crippen molar-refractivity contribution in [2.45, 2.75) is 45.8 Å². The fourth-order valence-corrected chi connectivity index (χ4v) is 1.02. The van der Waals surface area contributed by atoms with Crippen molar-refractivity contribution in [3.8, 4) is 0 Å². The smallest absolute Gasteiger partial charge is 0.225 e. The molecule has 1 amide bonds. The van der Waals surface area contributed by atoms with Crippen LogP contribution in [0.5, 0.6) is 0 Å². The Kier molecular flexibility index (Phi) is 6.41. The lowest BCUT2D eigenvalue weighted by Crippen LogP contribution is -2.36. The molecule has 0 aliphatic carbocycles. The van der Waals surface area contributed by atoms with Gasteiger partial charge in [-0.2, -0.15) is 12.6 Å². The fourth-order valence-electron chi connectivity index (χ4n) is 0.926. The first-order valence-corrected chi connectivity index (χ1v) is 6.16. The van der Waals surface area contributed by atoms with Crippen LogP contribution in [-0.4, -0.2) is 30.4 Å². The molecule has 4 heteroatoms. The third-order valence-corrected chi connectivity index (χ3v) is 2.29. The highest BCUT2D eigenvalue weighted by molar-refractivity contribution is 7.81. The van der Waals surface area contributed by atoms with Gasteiger partial charge in [-0.3, -0.25) is 4.79 Å². The molecule has 0 spiro atoms. The number of amides is 1. The van der Waals surface area contributed by atoms with E-state index < -0.39 is 0 Å². The van der Waals surface area contributed by atoms with E-state index in [9.17, 15) is 4.79 Å². The van der Waals surface area contributed by atoms with Crippen LogP contribution in [0.1, 0.15) is 41.0 Å². The second-order valence-electron chi connectivity index (χ2n) is 5.68.